The van der Waals surface area contributed by atoms with Crippen molar-refractivity contribution in [1.29, 1.82) is 0 Å². The van der Waals surface area contributed by atoms with Crippen LogP contribution in [-0.2, 0) is 0 Å². The van der Waals surface area contributed by atoms with Crippen LogP contribution in [0.2, 0.25) is 0 Å². The molecule has 0 atom stereocenters. The van der Waals surface area contributed by atoms with Gasteiger partial charge in [-0.3, -0.25) is 0 Å². The van der Waals surface area contributed by atoms with Gasteiger partial charge in [-0.25, -0.2) is 8.78 Å². The maximum Gasteiger partial charge on any atom is 0.239 e. The first kappa shape index (κ1) is 15.0. The Balaban J connectivity index is 2.26. The van der Waals surface area contributed by atoms with Crippen LogP contribution in [0.15, 0.2) is 30.3 Å². The number of rotatable bonds is 3. The normalized spacial score (nSPS) is 11.3. The number of nitrogens with one attached hydrogen (secondary N) is 1. The second-order valence-corrected chi connectivity index (χ2v) is 5.55. The van der Waals surface area contributed by atoms with Gasteiger partial charge in [-0.2, -0.15) is 4.98 Å². The fourth-order valence-electron chi connectivity index (χ4n) is 1.62. The van der Waals surface area contributed by atoms with E-state index in [9.17, 15) is 8.78 Å². The largest absolute Gasteiger partial charge is 0.470 e. The van der Waals surface area contributed by atoms with Crippen LogP contribution in [0.25, 0.3) is 0 Å². The monoisotopic (exact) mass is 293 g/mol. The van der Waals surface area contributed by atoms with Gasteiger partial charge in [-0.05, 0) is 45.0 Å². The number of halogens is 2. The predicted octanol–water partition coefficient (Wildman–Crippen LogP) is 3.86. The van der Waals surface area contributed by atoms with Gasteiger partial charge in [-0.1, -0.05) is 0 Å². The van der Waals surface area contributed by atoms with Crippen LogP contribution in [0, 0.1) is 11.6 Å². The van der Waals surface area contributed by atoms with Gasteiger partial charge in [0.05, 0.1) is 11.4 Å². The minimum absolute atomic E-state index is 0.121. The smallest absolute Gasteiger partial charge is 0.239 e. The zero-order valence-electron chi connectivity index (χ0n) is 12.1. The quantitative estimate of drug-likeness (QED) is 0.902. The lowest BCUT2D eigenvalue weighted by Gasteiger charge is -2.21. The molecule has 1 aromatic heterocycles. The van der Waals surface area contributed by atoms with Gasteiger partial charge in [0.25, 0.3) is 0 Å². The molecule has 4 nitrogen and oxygen atoms in total. The molecule has 2 aromatic rings. The zero-order valence-corrected chi connectivity index (χ0v) is 12.1. The summed E-state index contributed by atoms with van der Waals surface area (Å²) in [7, 11) is 0. The molecule has 0 amide bonds. The second kappa shape index (κ2) is 5.55. The van der Waals surface area contributed by atoms with E-state index in [1.165, 1.54) is 6.07 Å². The molecule has 0 aliphatic rings. The first-order valence-corrected chi connectivity index (χ1v) is 6.42. The predicted molar refractivity (Wildman–Crippen MR) is 78.7 cm³/mol. The molecule has 0 aliphatic carbocycles. The van der Waals surface area contributed by atoms with E-state index in [0.717, 1.165) is 12.1 Å². The number of hydrogen-bond donors (Lipinski definition) is 2. The SMILES string of the molecule is CC(C)(C)Oc1nc(Nc2ccc(F)cc2F)ccc1N. The maximum absolute atomic E-state index is 13.6. The van der Waals surface area contributed by atoms with Crippen molar-refractivity contribution in [2.75, 3.05) is 11.1 Å². The zero-order chi connectivity index (χ0) is 15.6. The van der Waals surface area contributed by atoms with Crippen molar-refractivity contribution < 1.29 is 13.5 Å². The summed E-state index contributed by atoms with van der Waals surface area (Å²) in [5.74, 6) is -0.726. The van der Waals surface area contributed by atoms with Gasteiger partial charge in [0.15, 0.2) is 0 Å². The molecular weight excluding hydrogens is 276 g/mol. The lowest BCUT2D eigenvalue weighted by Crippen LogP contribution is -2.24. The van der Waals surface area contributed by atoms with Crippen LogP contribution < -0.4 is 15.8 Å². The number of nitrogens with two attached hydrogens (primary N) is 1. The molecule has 3 N–H and O–H groups in total. The van der Waals surface area contributed by atoms with Crippen molar-refractivity contribution in [2.24, 2.45) is 0 Å². The molecule has 0 saturated heterocycles. The summed E-state index contributed by atoms with van der Waals surface area (Å²) < 4.78 is 32.1. The second-order valence-electron chi connectivity index (χ2n) is 5.55. The molecule has 21 heavy (non-hydrogen) atoms. The highest BCUT2D eigenvalue weighted by molar-refractivity contribution is 5.61. The fourth-order valence-corrected chi connectivity index (χ4v) is 1.62. The van der Waals surface area contributed by atoms with Gasteiger partial charge in [-0.15, -0.1) is 0 Å². The van der Waals surface area contributed by atoms with Crippen molar-refractivity contribution >= 4 is 17.2 Å². The average molecular weight is 293 g/mol. The van der Waals surface area contributed by atoms with Gasteiger partial charge in [0, 0.05) is 6.07 Å². The highest BCUT2D eigenvalue weighted by atomic mass is 19.1. The molecule has 6 heteroatoms. The minimum atomic E-state index is -0.702. The number of nitrogen functional groups attached to an aromatic ring is 1. The summed E-state index contributed by atoms with van der Waals surface area (Å²) in [6.07, 6.45) is 0. The van der Waals surface area contributed by atoms with E-state index < -0.39 is 17.2 Å². The Morgan fingerprint density at radius 2 is 1.86 bits per heavy atom. The third-order valence-corrected chi connectivity index (χ3v) is 2.49. The standard InChI is InChI=1S/C15H17F2N3O/c1-15(2,3)21-14-11(18)5-7-13(20-14)19-12-6-4-9(16)8-10(12)17/h4-8H,18H2,1-3H3,(H,19,20). The van der Waals surface area contributed by atoms with E-state index in [0.29, 0.717) is 11.5 Å². The molecule has 1 heterocycles. The summed E-state index contributed by atoms with van der Waals surface area (Å²) in [5, 5.41) is 2.76. The summed E-state index contributed by atoms with van der Waals surface area (Å²) in [5.41, 5.74) is 5.85. The Morgan fingerprint density at radius 1 is 1.14 bits per heavy atom. The average Bonchev–Trinajstić information content (AvgIpc) is 2.35. The first-order valence-electron chi connectivity index (χ1n) is 6.42. The number of nitrogens with zero attached hydrogens (tertiary/aromatic N) is 1. The van der Waals surface area contributed by atoms with Crippen molar-refractivity contribution in [3.63, 3.8) is 0 Å². The van der Waals surface area contributed by atoms with E-state index in [4.69, 9.17) is 10.5 Å². The van der Waals surface area contributed by atoms with E-state index >= 15 is 0 Å². The lowest BCUT2D eigenvalue weighted by molar-refractivity contribution is 0.125. The third-order valence-electron chi connectivity index (χ3n) is 2.49. The van der Waals surface area contributed by atoms with E-state index in [-0.39, 0.29) is 11.6 Å². The summed E-state index contributed by atoms with van der Waals surface area (Å²) in [6, 6.07) is 6.46. The Kier molecular flexibility index (Phi) is 3.97. The number of ether oxygens (including phenoxy) is 1. The van der Waals surface area contributed by atoms with Crippen molar-refractivity contribution in [2.45, 2.75) is 26.4 Å². The number of hydrogen-bond acceptors (Lipinski definition) is 4. The molecule has 0 fully saturated rings. The molecule has 0 aliphatic heterocycles. The van der Waals surface area contributed by atoms with Crippen LogP contribution in [0.5, 0.6) is 5.88 Å². The van der Waals surface area contributed by atoms with Crippen molar-refractivity contribution in [3.8, 4) is 5.88 Å². The van der Waals surface area contributed by atoms with Gasteiger partial charge in [0.2, 0.25) is 5.88 Å². The van der Waals surface area contributed by atoms with Crippen LogP contribution >= 0.6 is 0 Å². The van der Waals surface area contributed by atoms with E-state index in [2.05, 4.69) is 10.3 Å². The van der Waals surface area contributed by atoms with Gasteiger partial charge in [0.1, 0.15) is 23.1 Å². The van der Waals surface area contributed by atoms with Crippen LogP contribution in [0.1, 0.15) is 20.8 Å². The molecule has 0 unspecified atom stereocenters. The molecule has 1 aromatic carbocycles. The Bertz CT molecular complexity index is 654. The fraction of sp³-hybridized carbons (Fsp3) is 0.267. The number of anilines is 3. The highest BCUT2D eigenvalue weighted by Gasteiger charge is 2.16. The van der Waals surface area contributed by atoms with Gasteiger partial charge < -0.3 is 15.8 Å². The molecule has 0 saturated carbocycles. The number of pyridine rings is 1. The molecule has 2 rings (SSSR count). The Hall–Kier alpha value is -2.37. The van der Waals surface area contributed by atoms with Crippen molar-refractivity contribution in [1.82, 2.24) is 4.98 Å². The maximum atomic E-state index is 13.6. The summed E-state index contributed by atoms with van der Waals surface area (Å²) in [4.78, 5) is 4.20. The molecular formula is C15H17F2N3O. The van der Waals surface area contributed by atoms with E-state index in [1.54, 1.807) is 12.1 Å². The molecule has 112 valence electrons. The van der Waals surface area contributed by atoms with Crippen LogP contribution in [0.3, 0.4) is 0 Å². The molecule has 0 radical (unpaired) electrons. The molecule has 0 bridgehead atoms. The topological polar surface area (TPSA) is 60.2 Å². The Labute approximate surface area is 122 Å². The third kappa shape index (κ3) is 4.05. The first-order chi connectivity index (χ1) is 9.74. The van der Waals surface area contributed by atoms with Gasteiger partial charge >= 0.3 is 0 Å². The lowest BCUT2D eigenvalue weighted by atomic mass is 10.2. The summed E-state index contributed by atoms with van der Waals surface area (Å²) in [6.45, 7) is 5.61. The minimum Gasteiger partial charge on any atom is -0.470 e. The van der Waals surface area contributed by atoms with Crippen LogP contribution in [0.4, 0.5) is 26.0 Å². The highest BCUT2D eigenvalue weighted by Crippen LogP contribution is 2.27. The number of benzene rings is 1. The van der Waals surface area contributed by atoms with Crippen molar-refractivity contribution in [3.05, 3.63) is 42.0 Å². The summed E-state index contributed by atoms with van der Waals surface area (Å²) >= 11 is 0. The van der Waals surface area contributed by atoms with Crippen LogP contribution in [-0.4, -0.2) is 10.6 Å². The molecule has 0 spiro atoms. The number of aromatic nitrogens is 1. The van der Waals surface area contributed by atoms with E-state index in [1.807, 2.05) is 20.8 Å². The Morgan fingerprint density at radius 3 is 2.48 bits per heavy atom.